The second-order valence-corrected chi connectivity index (χ2v) is 9.91. The summed E-state index contributed by atoms with van der Waals surface area (Å²) in [6, 6.07) is 18.5. The fourth-order valence-electron chi connectivity index (χ4n) is 3.95. The molecule has 1 N–H and O–H groups in total. The van der Waals surface area contributed by atoms with Crippen LogP contribution in [-0.4, -0.2) is 23.3 Å². The Morgan fingerprint density at radius 2 is 1.69 bits per heavy atom. The van der Waals surface area contributed by atoms with Crippen LogP contribution in [0.5, 0.6) is 0 Å². The fourth-order valence-corrected chi connectivity index (χ4v) is 4.33. The molecule has 0 saturated heterocycles. The molecule has 32 heavy (non-hydrogen) atoms. The number of halogens is 2. The van der Waals surface area contributed by atoms with Crippen molar-refractivity contribution in [1.29, 1.82) is 0 Å². The highest BCUT2D eigenvalue weighted by Crippen LogP contribution is 2.38. The van der Waals surface area contributed by atoms with E-state index < -0.39 is 6.04 Å². The third-order valence-corrected chi connectivity index (χ3v) is 6.15. The maximum atomic E-state index is 13.7. The molecule has 3 aromatic rings. The van der Waals surface area contributed by atoms with Crippen LogP contribution in [0, 0.1) is 5.82 Å². The van der Waals surface area contributed by atoms with Gasteiger partial charge in [-0.25, -0.2) is 4.39 Å². The Morgan fingerprint density at radius 3 is 2.31 bits per heavy atom. The van der Waals surface area contributed by atoms with Crippen molar-refractivity contribution in [3.63, 3.8) is 0 Å². The van der Waals surface area contributed by atoms with Gasteiger partial charge in [0.25, 0.3) is 5.91 Å². The topological polar surface area (TPSA) is 49.4 Å². The molecule has 0 radical (unpaired) electrons. The van der Waals surface area contributed by atoms with Crippen LogP contribution in [0.15, 0.2) is 71.2 Å². The van der Waals surface area contributed by atoms with E-state index >= 15 is 0 Å². The van der Waals surface area contributed by atoms with Gasteiger partial charge in [-0.2, -0.15) is 0 Å². The zero-order valence-electron chi connectivity index (χ0n) is 18.2. The van der Waals surface area contributed by atoms with Crippen LogP contribution in [-0.2, 0) is 10.2 Å². The highest BCUT2D eigenvalue weighted by molar-refractivity contribution is 9.10. The fraction of sp³-hybridized carbons (Fsp3) is 0.231. The number of benzene rings is 3. The van der Waals surface area contributed by atoms with Crippen molar-refractivity contribution >= 4 is 33.4 Å². The minimum Gasteiger partial charge on any atom is -0.324 e. The molecule has 0 saturated carbocycles. The van der Waals surface area contributed by atoms with Crippen LogP contribution in [0.2, 0.25) is 0 Å². The molecule has 0 bridgehead atoms. The van der Waals surface area contributed by atoms with Crippen molar-refractivity contribution in [3.8, 4) is 0 Å². The Kier molecular flexibility index (Phi) is 5.91. The van der Waals surface area contributed by atoms with Crippen LogP contribution in [0.1, 0.15) is 53.9 Å². The SMILES string of the molecule is CC(C)(C)c1ccc(C(=O)N2CC(=O)Nc3ccc(Br)cc3C2c2ccc(F)cc2)cc1. The first kappa shape index (κ1) is 22.2. The predicted octanol–water partition coefficient (Wildman–Crippen LogP) is 6.07. The summed E-state index contributed by atoms with van der Waals surface area (Å²) < 4.78 is 14.5. The molecule has 6 heteroatoms. The van der Waals surface area contributed by atoms with E-state index in [0.717, 1.165) is 21.2 Å². The molecule has 4 rings (SSSR count). The van der Waals surface area contributed by atoms with Gasteiger partial charge >= 0.3 is 0 Å². The lowest BCUT2D eigenvalue weighted by Crippen LogP contribution is -2.39. The number of carbonyl (C=O) groups is 2. The molecule has 3 aromatic carbocycles. The van der Waals surface area contributed by atoms with Crippen LogP contribution < -0.4 is 5.32 Å². The molecule has 1 unspecified atom stereocenters. The summed E-state index contributed by atoms with van der Waals surface area (Å²) in [4.78, 5) is 27.9. The van der Waals surface area contributed by atoms with Crippen molar-refractivity contribution < 1.29 is 14.0 Å². The van der Waals surface area contributed by atoms with Gasteiger partial charge in [0.15, 0.2) is 0 Å². The minimum atomic E-state index is -0.558. The van der Waals surface area contributed by atoms with Gasteiger partial charge in [-0.15, -0.1) is 0 Å². The maximum absolute atomic E-state index is 13.7. The molecule has 1 atom stereocenters. The number of nitrogens with zero attached hydrogens (tertiary/aromatic N) is 1. The third kappa shape index (κ3) is 4.46. The van der Waals surface area contributed by atoms with Crippen LogP contribution in [0.25, 0.3) is 0 Å². The first-order chi connectivity index (χ1) is 15.1. The Labute approximate surface area is 195 Å². The van der Waals surface area contributed by atoms with Crippen molar-refractivity contribution in [2.45, 2.75) is 32.2 Å². The number of rotatable bonds is 2. The van der Waals surface area contributed by atoms with E-state index in [0.29, 0.717) is 11.3 Å². The van der Waals surface area contributed by atoms with Gasteiger partial charge in [0.1, 0.15) is 12.4 Å². The number of anilines is 1. The Hall–Kier alpha value is -2.99. The summed E-state index contributed by atoms with van der Waals surface area (Å²) in [6.45, 7) is 6.22. The summed E-state index contributed by atoms with van der Waals surface area (Å²) in [5, 5.41) is 2.90. The average molecular weight is 495 g/mol. The molecule has 0 aromatic heterocycles. The average Bonchev–Trinajstić information content (AvgIpc) is 2.89. The van der Waals surface area contributed by atoms with Crippen LogP contribution >= 0.6 is 15.9 Å². The monoisotopic (exact) mass is 494 g/mol. The standard InChI is InChI=1S/C26H24BrFN2O2/c1-26(2,3)18-8-4-17(5-9-18)25(32)30-15-23(31)29-22-13-10-19(27)14-21(22)24(30)16-6-11-20(28)12-7-16/h4-14,24H,15H2,1-3H3,(H,29,31). The van der Waals surface area contributed by atoms with Gasteiger partial charge < -0.3 is 10.2 Å². The van der Waals surface area contributed by atoms with E-state index in [-0.39, 0.29) is 29.6 Å². The number of hydrogen-bond donors (Lipinski definition) is 1. The van der Waals surface area contributed by atoms with Gasteiger partial charge in [0.2, 0.25) is 5.91 Å². The van der Waals surface area contributed by atoms with E-state index in [9.17, 15) is 14.0 Å². The molecular weight excluding hydrogens is 471 g/mol. The van der Waals surface area contributed by atoms with E-state index in [2.05, 4.69) is 42.0 Å². The lowest BCUT2D eigenvalue weighted by atomic mass is 9.86. The number of nitrogens with one attached hydrogen (secondary N) is 1. The van der Waals surface area contributed by atoms with Gasteiger partial charge in [-0.1, -0.05) is 61.0 Å². The zero-order valence-corrected chi connectivity index (χ0v) is 19.7. The van der Waals surface area contributed by atoms with Gasteiger partial charge in [0.05, 0.1) is 6.04 Å². The van der Waals surface area contributed by atoms with Crippen LogP contribution in [0.3, 0.4) is 0 Å². The molecule has 164 valence electrons. The van der Waals surface area contributed by atoms with Crippen molar-refractivity contribution in [2.24, 2.45) is 0 Å². The first-order valence-electron chi connectivity index (χ1n) is 10.4. The number of fused-ring (bicyclic) bond motifs is 1. The summed E-state index contributed by atoms with van der Waals surface area (Å²) in [5.74, 6) is -0.901. The van der Waals surface area contributed by atoms with E-state index in [1.807, 2.05) is 24.3 Å². The highest BCUT2D eigenvalue weighted by Gasteiger charge is 2.34. The Balaban J connectivity index is 1.83. The minimum absolute atomic E-state index is 0.0358. The number of carbonyl (C=O) groups excluding carboxylic acids is 2. The number of amides is 2. The molecular formula is C26H24BrFN2O2. The molecule has 2 amide bonds. The first-order valence-corrected chi connectivity index (χ1v) is 11.2. The van der Waals surface area contributed by atoms with E-state index in [1.54, 1.807) is 35.2 Å². The smallest absolute Gasteiger partial charge is 0.255 e. The predicted molar refractivity (Wildman–Crippen MR) is 127 cm³/mol. The lowest BCUT2D eigenvalue weighted by Gasteiger charge is -2.31. The van der Waals surface area contributed by atoms with Gasteiger partial charge in [-0.05, 0) is 59.0 Å². The summed E-state index contributed by atoms with van der Waals surface area (Å²) in [5.41, 5.74) is 3.69. The molecule has 4 nitrogen and oxygen atoms in total. The van der Waals surface area contributed by atoms with Gasteiger partial charge in [0, 0.05) is 21.3 Å². The molecule has 0 aliphatic carbocycles. The molecule has 0 spiro atoms. The van der Waals surface area contributed by atoms with Crippen LogP contribution in [0.4, 0.5) is 10.1 Å². The molecule has 1 aliphatic heterocycles. The quantitative estimate of drug-likeness (QED) is 0.469. The second-order valence-electron chi connectivity index (χ2n) is 8.99. The van der Waals surface area contributed by atoms with E-state index in [1.165, 1.54) is 12.1 Å². The molecule has 1 aliphatic rings. The largest absolute Gasteiger partial charge is 0.324 e. The van der Waals surface area contributed by atoms with Crippen molar-refractivity contribution in [1.82, 2.24) is 4.90 Å². The van der Waals surface area contributed by atoms with E-state index in [4.69, 9.17) is 0 Å². The Morgan fingerprint density at radius 1 is 1.03 bits per heavy atom. The van der Waals surface area contributed by atoms with Gasteiger partial charge in [-0.3, -0.25) is 9.59 Å². The summed E-state index contributed by atoms with van der Waals surface area (Å²) in [6.07, 6.45) is 0. The summed E-state index contributed by atoms with van der Waals surface area (Å²) >= 11 is 3.49. The highest BCUT2D eigenvalue weighted by atomic mass is 79.9. The van der Waals surface area contributed by atoms with Crippen molar-refractivity contribution in [2.75, 3.05) is 11.9 Å². The third-order valence-electron chi connectivity index (χ3n) is 5.65. The summed E-state index contributed by atoms with van der Waals surface area (Å²) in [7, 11) is 0. The molecule has 1 heterocycles. The second kappa shape index (κ2) is 8.51. The van der Waals surface area contributed by atoms with Crippen molar-refractivity contribution in [3.05, 3.63) is 99.3 Å². The normalized spacial score (nSPS) is 16.2. The maximum Gasteiger partial charge on any atom is 0.255 e. The number of hydrogen-bond acceptors (Lipinski definition) is 2. The molecule has 0 fully saturated rings. The Bertz CT molecular complexity index is 1170. The zero-order chi connectivity index (χ0) is 23.0. The lowest BCUT2D eigenvalue weighted by molar-refractivity contribution is -0.117.